The largest absolute Gasteiger partial charge is 0.481 e. The van der Waals surface area contributed by atoms with E-state index in [1.807, 2.05) is 49.4 Å². The number of carboxylic acid groups (broad SMARTS) is 1. The van der Waals surface area contributed by atoms with Gasteiger partial charge in [0.15, 0.2) is 0 Å². The van der Waals surface area contributed by atoms with E-state index < -0.39 is 5.97 Å². The summed E-state index contributed by atoms with van der Waals surface area (Å²) >= 11 is 0. The zero-order chi connectivity index (χ0) is 11.1. The van der Waals surface area contributed by atoms with E-state index >= 15 is 0 Å². The fraction of sp³-hybridized carbons (Fsp3) is 0.308. The van der Waals surface area contributed by atoms with Crippen molar-refractivity contribution >= 4 is 12.0 Å². The number of carboxylic acids is 1. The summed E-state index contributed by atoms with van der Waals surface area (Å²) in [7, 11) is 0. The number of aliphatic carboxylic acids is 1. The molecule has 1 unspecified atom stereocenters. The predicted molar refractivity (Wildman–Crippen MR) is 61.5 cm³/mol. The van der Waals surface area contributed by atoms with Crippen molar-refractivity contribution < 1.29 is 9.90 Å². The highest BCUT2D eigenvalue weighted by Gasteiger charge is 2.11. The average molecular weight is 204 g/mol. The maximum atomic E-state index is 10.7. The minimum absolute atomic E-state index is 0.259. The highest BCUT2D eigenvalue weighted by atomic mass is 16.4. The number of hydrogen-bond acceptors (Lipinski definition) is 1. The lowest BCUT2D eigenvalue weighted by molar-refractivity contribution is -0.141. The highest BCUT2D eigenvalue weighted by molar-refractivity contribution is 5.70. The summed E-state index contributed by atoms with van der Waals surface area (Å²) < 4.78 is 0. The molecule has 0 heterocycles. The van der Waals surface area contributed by atoms with E-state index in [0.29, 0.717) is 12.8 Å². The van der Waals surface area contributed by atoms with Crippen LogP contribution in [0.3, 0.4) is 0 Å². The number of rotatable bonds is 5. The molecule has 1 N–H and O–H groups in total. The summed E-state index contributed by atoms with van der Waals surface area (Å²) in [5.74, 6) is -0.972. The van der Waals surface area contributed by atoms with Gasteiger partial charge < -0.3 is 5.11 Å². The second-order valence-corrected chi connectivity index (χ2v) is 3.49. The van der Waals surface area contributed by atoms with Crippen LogP contribution in [0.1, 0.15) is 25.3 Å². The molecular weight excluding hydrogens is 188 g/mol. The molecule has 0 spiro atoms. The molecule has 80 valence electrons. The standard InChI is InChI=1S/C13H16O2/c1-2-12(13(14)15)10-6-9-11-7-4-3-5-8-11/h3-9,12H,2,10H2,1H3,(H,14,15). The van der Waals surface area contributed by atoms with E-state index in [9.17, 15) is 4.79 Å². The minimum Gasteiger partial charge on any atom is -0.481 e. The Morgan fingerprint density at radius 1 is 1.40 bits per heavy atom. The van der Waals surface area contributed by atoms with Gasteiger partial charge in [-0.15, -0.1) is 0 Å². The van der Waals surface area contributed by atoms with Crippen molar-refractivity contribution in [2.75, 3.05) is 0 Å². The molecule has 2 nitrogen and oxygen atoms in total. The van der Waals surface area contributed by atoms with Gasteiger partial charge in [-0.2, -0.15) is 0 Å². The Bertz CT molecular complexity index is 328. The summed E-state index contributed by atoms with van der Waals surface area (Å²) in [5, 5.41) is 8.84. The average Bonchev–Trinajstić information content (AvgIpc) is 2.25. The number of allylic oxidation sites excluding steroid dienone is 1. The van der Waals surface area contributed by atoms with Gasteiger partial charge in [-0.1, -0.05) is 49.4 Å². The third kappa shape index (κ3) is 3.98. The second-order valence-electron chi connectivity index (χ2n) is 3.49. The van der Waals surface area contributed by atoms with Gasteiger partial charge >= 0.3 is 5.97 Å². The quantitative estimate of drug-likeness (QED) is 0.799. The maximum absolute atomic E-state index is 10.7. The lowest BCUT2D eigenvalue weighted by atomic mass is 10.0. The van der Waals surface area contributed by atoms with Gasteiger partial charge in [0.1, 0.15) is 0 Å². The Morgan fingerprint density at radius 2 is 2.07 bits per heavy atom. The molecule has 0 fully saturated rings. The van der Waals surface area contributed by atoms with Crippen molar-refractivity contribution in [2.45, 2.75) is 19.8 Å². The lowest BCUT2D eigenvalue weighted by Gasteiger charge is -2.04. The van der Waals surface area contributed by atoms with E-state index in [4.69, 9.17) is 5.11 Å². The third-order valence-electron chi connectivity index (χ3n) is 2.37. The fourth-order valence-electron chi connectivity index (χ4n) is 1.37. The molecule has 0 aromatic heterocycles. The first-order chi connectivity index (χ1) is 7.24. The smallest absolute Gasteiger partial charge is 0.306 e. The van der Waals surface area contributed by atoms with Crippen LogP contribution >= 0.6 is 0 Å². The summed E-state index contributed by atoms with van der Waals surface area (Å²) in [5.41, 5.74) is 1.11. The second kappa shape index (κ2) is 6.02. The van der Waals surface area contributed by atoms with Crippen molar-refractivity contribution in [1.82, 2.24) is 0 Å². The van der Waals surface area contributed by atoms with Crippen LogP contribution in [0.2, 0.25) is 0 Å². The maximum Gasteiger partial charge on any atom is 0.306 e. The Kier molecular flexibility index (Phi) is 4.61. The zero-order valence-corrected chi connectivity index (χ0v) is 8.89. The normalized spacial score (nSPS) is 12.9. The van der Waals surface area contributed by atoms with Crippen LogP contribution in [0.15, 0.2) is 36.4 Å². The van der Waals surface area contributed by atoms with Crippen LogP contribution < -0.4 is 0 Å². The van der Waals surface area contributed by atoms with Gasteiger partial charge in [-0.05, 0) is 18.4 Å². The fourth-order valence-corrected chi connectivity index (χ4v) is 1.37. The Morgan fingerprint density at radius 3 is 2.60 bits per heavy atom. The van der Waals surface area contributed by atoms with Crippen LogP contribution in [0.5, 0.6) is 0 Å². The molecule has 0 aliphatic rings. The topological polar surface area (TPSA) is 37.3 Å². The van der Waals surface area contributed by atoms with Crippen LogP contribution in [0, 0.1) is 5.92 Å². The monoisotopic (exact) mass is 204 g/mol. The van der Waals surface area contributed by atoms with Crippen LogP contribution in [0.4, 0.5) is 0 Å². The first kappa shape index (κ1) is 11.5. The number of hydrogen-bond donors (Lipinski definition) is 1. The molecule has 0 aliphatic heterocycles. The molecule has 1 aromatic carbocycles. The molecule has 1 aromatic rings. The predicted octanol–water partition coefficient (Wildman–Crippen LogP) is 3.20. The lowest BCUT2D eigenvalue weighted by Crippen LogP contribution is -2.11. The van der Waals surface area contributed by atoms with Gasteiger partial charge in [-0.25, -0.2) is 0 Å². The summed E-state index contributed by atoms with van der Waals surface area (Å²) in [6.07, 6.45) is 5.17. The van der Waals surface area contributed by atoms with Crippen LogP contribution in [-0.2, 0) is 4.79 Å². The van der Waals surface area contributed by atoms with Gasteiger partial charge in [0.2, 0.25) is 0 Å². The zero-order valence-electron chi connectivity index (χ0n) is 8.89. The summed E-state index contributed by atoms with van der Waals surface area (Å²) in [6.45, 7) is 1.90. The van der Waals surface area contributed by atoms with Crippen molar-refractivity contribution in [3.05, 3.63) is 42.0 Å². The summed E-state index contributed by atoms with van der Waals surface area (Å²) in [4.78, 5) is 10.7. The SMILES string of the molecule is CCC(CC=Cc1ccccc1)C(=O)O. The van der Waals surface area contributed by atoms with E-state index in [0.717, 1.165) is 5.56 Å². The molecule has 1 atom stereocenters. The van der Waals surface area contributed by atoms with Gasteiger partial charge in [0.25, 0.3) is 0 Å². The van der Waals surface area contributed by atoms with Crippen molar-refractivity contribution in [3.8, 4) is 0 Å². The van der Waals surface area contributed by atoms with E-state index in [1.165, 1.54) is 0 Å². The molecule has 1 rings (SSSR count). The van der Waals surface area contributed by atoms with Crippen molar-refractivity contribution in [3.63, 3.8) is 0 Å². The van der Waals surface area contributed by atoms with Crippen LogP contribution in [-0.4, -0.2) is 11.1 Å². The molecule has 15 heavy (non-hydrogen) atoms. The van der Waals surface area contributed by atoms with Crippen LogP contribution in [0.25, 0.3) is 6.08 Å². The Balaban J connectivity index is 2.49. The molecule has 0 aliphatic carbocycles. The molecule has 0 saturated heterocycles. The molecule has 0 amide bonds. The summed E-state index contributed by atoms with van der Waals surface area (Å²) in [6, 6.07) is 9.89. The van der Waals surface area contributed by atoms with Gasteiger partial charge in [-0.3, -0.25) is 4.79 Å². The number of benzene rings is 1. The molecule has 0 radical (unpaired) electrons. The first-order valence-corrected chi connectivity index (χ1v) is 5.18. The Labute approximate surface area is 90.3 Å². The highest BCUT2D eigenvalue weighted by Crippen LogP contribution is 2.10. The first-order valence-electron chi connectivity index (χ1n) is 5.18. The van der Waals surface area contributed by atoms with Gasteiger partial charge in [0, 0.05) is 0 Å². The number of carbonyl (C=O) groups is 1. The van der Waals surface area contributed by atoms with E-state index in [1.54, 1.807) is 0 Å². The molecule has 0 saturated carbocycles. The van der Waals surface area contributed by atoms with Gasteiger partial charge in [0.05, 0.1) is 5.92 Å². The van der Waals surface area contributed by atoms with E-state index in [2.05, 4.69) is 0 Å². The van der Waals surface area contributed by atoms with Crippen molar-refractivity contribution in [1.29, 1.82) is 0 Å². The minimum atomic E-state index is -0.713. The molecular formula is C13H16O2. The van der Waals surface area contributed by atoms with Crippen molar-refractivity contribution in [2.24, 2.45) is 5.92 Å². The third-order valence-corrected chi connectivity index (χ3v) is 2.37. The Hall–Kier alpha value is -1.57. The molecule has 2 heteroatoms. The molecule has 0 bridgehead atoms. The van der Waals surface area contributed by atoms with E-state index in [-0.39, 0.29) is 5.92 Å².